The van der Waals surface area contributed by atoms with Crippen molar-refractivity contribution in [2.24, 2.45) is 5.10 Å². The Bertz CT molecular complexity index is 470. The number of hydrogen-bond acceptors (Lipinski definition) is 7. The van der Waals surface area contributed by atoms with Gasteiger partial charge < -0.3 is 20.0 Å². The molecule has 0 amide bonds. The van der Waals surface area contributed by atoms with Crippen LogP contribution in [-0.4, -0.2) is 51.9 Å². The Labute approximate surface area is 143 Å². The monoisotopic (exact) mass is 393 g/mol. The zero-order valence-electron chi connectivity index (χ0n) is 13.6. The minimum atomic E-state index is -3.94. The first-order valence-corrected chi connectivity index (χ1v) is 10.3. The molecule has 1 heterocycles. The van der Waals surface area contributed by atoms with Crippen LogP contribution in [0.4, 0.5) is 0 Å². The average molecular weight is 394 g/mol. The van der Waals surface area contributed by atoms with E-state index in [9.17, 15) is 0 Å². The largest absolute Gasteiger partial charge is 0.371 e. The molecular weight excluding hydrogens is 369 g/mol. The van der Waals surface area contributed by atoms with Crippen LogP contribution >= 0.6 is 18.3 Å². The molecule has 138 valence electrons. The summed E-state index contributed by atoms with van der Waals surface area (Å²) in [6, 6.07) is 0.289. The van der Waals surface area contributed by atoms with Gasteiger partial charge in [0.2, 0.25) is 0 Å². The summed E-state index contributed by atoms with van der Waals surface area (Å²) in [5.74, 6) is 0.834. The Morgan fingerprint density at radius 1 is 1.39 bits per heavy atom. The fourth-order valence-corrected chi connectivity index (χ4v) is 3.19. The average Bonchev–Trinajstić information content (AvgIpc) is 2.37. The number of rotatable bonds is 6. The second kappa shape index (κ2) is 11.2. The predicted octanol–water partition coefficient (Wildman–Crippen LogP) is 0.105. The highest BCUT2D eigenvalue weighted by atomic mass is 35.5. The van der Waals surface area contributed by atoms with Gasteiger partial charge in [-0.3, -0.25) is 13.8 Å². The fraction of sp³-hybridized carbons (Fsp3) is 0.700. The molecule has 0 unspecified atom stereocenters. The number of nitrogens with zero attached hydrogens (tertiary/aromatic N) is 2. The van der Waals surface area contributed by atoms with E-state index in [1.165, 1.54) is 19.4 Å². The summed E-state index contributed by atoms with van der Waals surface area (Å²) in [6.45, 7) is 2.95. The van der Waals surface area contributed by atoms with Gasteiger partial charge in [0.05, 0.1) is 14.2 Å². The van der Waals surface area contributed by atoms with Gasteiger partial charge in [0.1, 0.15) is 5.82 Å². The highest BCUT2D eigenvalue weighted by Gasteiger charge is 2.12. The van der Waals surface area contributed by atoms with E-state index in [4.69, 9.17) is 26.3 Å². The maximum atomic E-state index is 8.46. The molecule has 6 N–H and O–H groups in total. The van der Waals surface area contributed by atoms with Crippen LogP contribution in [0.1, 0.15) is 20.8 Å². The predicted molar refractivity (Wildman–Crippen MR) is 93.3 cm³/mol. The normalized spacial score (nSPS) is 14.8. The van der Waals surface area contributed by atoms with Crippen molar-refractivity contribution in [1.29, 1.82) is 0 Å². The highest BCUT2D eigenvalue weighted by Crippen LogP contribution is 2.36. The van der Waals surface area contributed by atoms with Crippen LogP contribution in [0.5, 0.6) is 0 Å². The molecule has 1 aliphatic rings. The SMILES string of the molecule is CCNC1=CC(Cl)=NN(NC(C)C)N1.COS(OC)=P(O)(O)O. The van der Waals surface area contributed by atoms with Crippen LogP contribution in [0.2, 0.25) is 0 Å². The van der Waals surface area contributed by atoms with Crippen LogP contribution in [0.15, 0.2) is 17.0 Å². The van der Waals surface area contributed by atoms with E-state index in [1.54, 1.807) is 6.08 Å². The van der Waals surface area contributed by atoms with Crippen molar-refractivity contribution in [3.05, 3.63) is 11.9 Å². The first kappa shape index (κ1) is 22.6. The Hall–Kier alpha value is -0.360. The third-order valence-electron chi connectivity index (χ3n) is 1.92. The van der Waals surface area contributed by atoms with Crippen molar-refractivity contribution in [3.63, 3.8) is 0 Å². The van der Waals surface area contributed by atoms with Gasteiger partial charge >= 0.3 is 6.72 Å². The first-order valence-electron chi connectivity index (χ1n) is 6.57. The van der Waals surface area contributed by atoms with Gasteiger partial charge in [-0.1, -0.05) is 11.6 Å². The smallest absolute Gasteiger partial charge is 0.328 e. The molecule has 0 saturated carbocycles. The molecule has 1 rings (SSSR count). The van der Waals surface area contributed by atoms with Crippen molar-refractivity contribution < 1.29 is 23.0 Å². The first-order chi connectivity index (χ1) is 10.6. The molecule has 10 nitrogen and oxygen atoms in total. The maximum Gasteiger partial charge on any atom is 0.328 e. The Balaban J connectivity index is 0.000000468. The second-order valence-electron chi connectivity index (χ2n) is 4.28. The number of hydrogen-bond donors (Lipinski definition) is 6. The molecule has 0 fully saturated rings. The molecule has 13 heteroatoms. The van der Waals surface area contributed by atoms with E-state index in [0.29, 0.717) is 5.17 Å². The van der Waals surface area contributed by atoms with Gasteiger partial charge in [-0.05, 0) is 20.8 Å². The minimum Gasteiger partial charge on any atom is -0.371 e. The van der Waals surface area contributed by atoms with Crippen molar-refractivity contribution in [1.82, 2.24) is 21.4 Å². The lowest BCUT2D eigenvalue weighted by Crippen LogP contribution is -2.51. The Morgan fingerprint density at radius 3 is 2.30 bits per heavy atom. The number of nitrogens with one attached hydrogen (secondary N) is 3. The molecule has 0 spiro atoms. The topological polar surface area (TPSA) is 131 Å². The fourth-order valence-electron chi connectivity index (χ4n) is 1.27. The van der Waals surface area contributed by atoms with Gasteiger partial charge in [0.25, 0.3) is 0 Å². The summed E-state index contributed by atoms with van der Waals surface area (Å²) in [7, 11) is 0.847. The molecule has 0 aliphatic carbocycles. The van der Waals surface area contributed by atoms with Crippen LogP contribution in [0, 0.1) is 0 Å². The van der Waals surface area contributed by atoms with Crippen molar-refractivity contribution >= 4 is 34.1 Å². The quantitative estimate of drug-likeness (QED) is 0.348. The lowest BCUT2D eigenvalue weighted by atomic mass is 10.4. The van der Waals surface area contributed by atoms with E-state index in [0.717, 1.165) is 12.4 Å². The minimum absolute atomic E-state index is 0.289. The third kappa shape index (κ3) is 10.2. The van der Waals surface area contributed by atoms with Gasteiger partial charge in [-0.2, -0.15) is 5.43 Å². The van der Waals surface area contributed by atoms with E-state index in [-0.39, 0.29) is 6.04 Å². The zero-order chi connectivity index (χ0) is 18.0. The maximum absolute atomic E-state index is 8.46. The van der Waals surface area contributed by atoms with Gasteiger partial charge in [0.15, 0.2) is 15.8 Å². The van der Waals surface area contributed by atoms with Crippen molar-refractivity contribution in [3.8, 4) is 0 Å². The molecule has 23 heavy (non-hydrogen) atoms. The molecule has 1 aliphatic heterocycles. The van der Waals surface area contributed by atoms with E-state index in [2.05, 4.69) is 29.6 Å². The lowest BCUT2D eigenvalue weighted by molar-refractivity contribution is 0.115. The third-order valence-corrected chi connectivity index (χ3v) is 5.17. The van der Waals surface area contributed by atoms with Gasteiger partial charge in [0, 0.05) is 18.7 Å². The Morgan fingerprint density at radius 2 is 1.96 bits per heavy atom. The van der Waals surface area contributed by atoms with E-state index < -0.39 is 17.4 Å². The van der Waals surface area contributed by atoms with Crippen molar-refractivity contribution in [2.75, 3.05) is 20.8 Å². The number of halogens is 1. The van der Waals surface area contributed by atoms with Gasteiger partial charge in [-0.15, -0.1) is 10.3 Å². The second-order valence-corrected chi connectivity index (χ2v) is 9.16. The lowest BCUT2D eigenvalue weighted by Gasteiger charge is -2.27. The number of allylic oxidation sites excluding steroid dienone is 1. The molecule has 0 saturated heterocycles. The summed E-state index contributed by atoms with van der Waals surface area (Å²) in [4.78, 5) is 25.4. The molecule has 0 atom stereocenters. The standard InChI is InChI=1S/C8H16ClN5.C2H9O5PS/c1-4-10-8-5-7(9)12-14(13-8)11-6(2)3;1-6-9(7-2)8(3,4)5/h5-6,10-11,13H,4H2,1-3H3;3-5H,1-2H3. The van der Waals surface area contributed by atoms with E-state index >= 15 is 0 Å². The Kier molecular flexibility index (Phi) is 11.1. The van der Waals surface area contributed by atoms with Crippen LogP contribution in [0.3, 0.4) is 0 Å². The van der Waals surface area contributed by atoms with Gasteiger partial charge in [-0.25, -0.2) is 0 Å². The van der Waals surface area contributed by atoms with Crippen molar-refractivity contribution in [2.45, 2.75) is 26.8 Å². The number of hydrazine groups is 2. The molecular formula is C10H25ClN5O5PS. The van der Waals surface area contributed by atoms with Crippen LogP contribution in [0.25, 0.3) is 0 Å². The van der Waals surface area contributed by atoms with Crippen LogP contribution in [-0.2, 0) is 19.0 Å². The molecule has 0 radical (unpaired) electrons. The summed E-state index contributed by atoms with van der Waals surface area (Å²) in [5, 5.41) is 9.10. The summed E-state index contributed by atoms with van der Waals surface area (Å²) in [5.41, 5.74) is 6.09. The number of hydrazone groups is 1. The molecule has 0 bridgehead atoms. The molecule has 0 aromatic heterocycles. The van der Waals surface area contributed by atoms with E-state index in [1.807, 2.05) is 20.8 Å². The van der Waals surface area contributed by atoms with Crippen LogP contribution < -0.4 is 16.2 Å². The molecule has 0 aromatic rings. The highest BCUT2D eigenvalue weighted by molar-refractivity contribution is 8.22. The summed E-state index contributed by atoms with van der Waals surface area (Å²) < 4.78 is 8.74. The summed E-state index contributed by atoms with van der Waals surface area (Å²) >= 11 is 5.84. The summed E-state index contributed by atoms with van der Waals surface area (Å²) in [6.07, 6.45) is 1.74. The molecule has 0 aromatic carbocycles. The zero-order valence-corrected chi connectivity index (χ0v) is 16.1.